The molecule has 0 atom stereocenters. The van der Waals surface area contributed by atoms with Crippen molar-refractivity contribution in [2.24, 2.45) is 0 Å². The third-order valence-electron chi connectivity index (χ3n) is 5.36. The van der Waals surface area contributed by atoms with Crippen molar-refractivity contribution in [1.29, 1.82) is 0 Å². The van der Waals surface area contributed by atoms with Crippen molar-refractivity contribution in [3.63, 3.8) is 0 Å². The monoisotopic (exact) mass is 473 g/mol. The van der Waals surface area contributed by atoms with E-state index in [4.69, 9.17) is 18.6 Å². The van der Waals surface area contributed by atoms with E-state index in [1.807, 2.05) is 0 Å². The quantitative estimate of drug-likeness (QED) is 0.370. The molecular formula is C27H23NO7. The molecule has 0 fully saturated rings. The molecule has 0 saturated carbocycles. The normalized spacial score (nSPS) is 10.6. The zero-order valence-electron chi connectivity index (χ0n) is 19.4. The molecule has 0 saturated heterocycles. The fraction of sp³-hybridized carbons (Fsp3) is 0.148. The lowest BCUT2D eigenvalue weighted by Crippen LogP contribution is -2.20. The molecule has 1 amide bonds. The molecule has 8 nitrogen and oxygen atoms in total. The summed E-state index contributed by atoms with van der Waals surface area (Å²) >= 11 is 0. The number of Topliss-reactive ketones (excluding diaryl/α,β-unsaturated/α-hetero) is 1. The number of amides is 1. The molecule has 0 unspecified atom stereocenters. The zero-order chi connectivity index (χ0) is 24.9. The third-order valence-corrected chi connectivity index (χ3v) is 5.36. The maximum Gasteiger partial charge on any atom is 0.262 e. The van der Waals surface area contributed by atoms with Gasteiger partial charge in [-0.15, -0.1) is 0 Å². The molecular weight excluding hydrogens is 450 g/mol. The number of anilines is 1. The topological polar surface area (TPSA) is 104 Å². The van der Waals surface area contributed by atoms with Crippen LogP contribution >= 0.6 is 0 Å². The van der Waals surface area contributed by atoms with E-state index >= 15 is 0 Å². The van der Waals surface area contributed by atoms with E-state index in [0.29, 0.717) is 50.6 Å². The zero-order valence-corrected chi connectivity index (χ0v) is 19.4. The number of fused-ring (bicyclic) bond motifs is 1. The molecule has 0 bridgehead atoms. The molecule has 4 aromatic rings. The molecule has 0 spiro atoms. The van der Waals surface area contributed by atoms with Crippen LogP contribution in [0.5, 0.6) is 17.2 Å². The van der Waals surface area contributed by atoms with Crippen molar-refractivity contribution in [2.75, 3.05) is 26.1 Å². The van der Waals surface area contributed by atoms with Gasteiger partial charge in [-0.3, -0.25) is 14.4 Å². The minimum atomic E-state index is -0.393. The second-order valence-corrected chi connectivity index (χ2v) is 7.68. The molecule has 0 aliphatic heterocycles. The Kier molecular flexibility index (Phi) is 6.82. The van der Waals surface area contributed by atoms with Gasteiger partial charge in [0.2, 0.25) is 0 Å². The Morgan fingerprint density at radius 3 is 2.49 bits per heavy atom. The highest BCUT2D eigenvalue weighted by Crippen LogP contribution is 2.32. The highest BCUT2D eigenvalue weighted by molar-refractivity contribution is 5.97. The molecule has 35 heavy (non-hydrogen) atoms. The van der Waals surface area contributed by atoms with Gasteiger partial charge in [0, 0.05) is 17.3 Å². The summed E-state index contributed by atoms with van der Waals surface area (Å²) in [4.78, 5) is 36.9. The molecule has 1 heterocycles. The minimum Gasteiger partial charge on any atom is -0.493 e. The van der Waals surface area contributed by atoms with Crippen molar-refractivity contribution < 1.29 is 28.2 Å². The van der Waals surface area contributed by atoms with Gasteiger partial charge < -0.3 is 23.9 Å². The molecule has 4 rings (SSSR count). The molecule has 1 aromatic heterocycles. The van der Waals surface area contributed by atoms with E-state index in [1.165, 1.54) is 27.4 Å². The van der Waals surface area contributed by atoms with Gasteiger partial charge in [-0.05, 0) is 48.9 Å². The summed E-state index contributed by atoms with van der Waals surface area (Å²) < 4.78 is 21.8. The second kappa shape index (κ2) is 10.1. The molecule has 3 aromatic carbocycles. The average molecular weight is 473 g/mol. The van der Waals surface area contributed by atoms with E-state index in [9.17, 15) is 14.4 Å². The summed E-state index contributed by atoms with van der Waals surface area (Å²) in [6.45, 7) is 1.20. The van der Waals surface area contributed by atoms with Gasteiger partial charge >= 0.3 is 0 Å². The van der Waals surface area contributed by atoms with Crippen molar-refractivity contribution in [2.45, 2.75) is 6.92 Å². The Labute approximate surface area is 201 Å². The van der Waals surface area contributed by atoms with Gasteiger partial charge in [0.25, 0.3) is 5.91 Å². The largest absolute Gasteiger partial charge is 0.493 e. The van der Waals surface area contributed by atoms with Gasteiger partial charge in [0.1, 0.15) is 17.6 Å². The fourth-order valence-electron chi connectivity index (χ4n) is 3.56. The lowest BCUT2D eigenvalue weighted by molar-refractivity contribution is -0.118. The van der Waals surface area contributed by atoms with Crippen LogP contribution in [0.1, 0.15) is 17.3 Å². The Bertz CT molecular complexity index is 1470. The van der Waals surface area contributed by atoms with Crippen LogP contribution in [-0.2, 0) is 4.79 Å². The number of methoxy groups -OCH3 is 2. The number of carbonyl (C=O) groups excluding carboxylic acids is 2. The molecule has 1 N–H and O–H groups in total. The van der Waals surface area contributed by atoms with Crippen LogP contribution in [0.25, 0.3) is 22.1 Å². The maximum absolute atomic E-state index is 13.1. The number of ether oxygens (including phenoxy) is 3. The summed E-state index contributed by atoms with van der Waals surface area (Å²) in [5, 5.41) is 3.06. The van der Waals surface area contributed by atoms with E-state index in [-0.39, 0.29) is 17.8 Å². The standard InChI is InChI=1S/C27H23NO7/c1-16(29)17-5-4-6-19(11-17)28-26(30)15-34-20-8-9-21-24(13-20)35-14-22(27(21)31)18-7-10-23(32-2)25(12-18)33-3/h4-14H,15H2,1-3H3,(H,28,30). The van der Waals surface area contributed by atoms with Gasteiger partial charge in [-0.1, -0.05) is 18.2 Å². The average Bonchev–Trinajstić information content (AvgIpc) is 2.87. The molecule has 0 radical (unpaired) electrons. The summed E-state index contributed by atoms with van der Waals surface area (Å²) in [5.74, 6) is 0.936. The van der Waals surface area contributed by atoms with E-state index < -0.39 is 5.91 Å². The maximum atomic E-state index is 13.1. The fourth-order valence-corrected chi connectivity index (χ4v) is 3.56. The smallest absolute Gasteiger partial charge is 0.262 e. The summed E-state index contributed by atoms with van der Waals surface area (Å²) in [7, 11) is 3.06. The first kappa shape index (κ1) is 23.6. The Hall–Kier alpha value is -4.59. The lowest BCUT2D eigenvalue weighted by atomic mass is 10.0. The number of benzene rings is 3. The van der Waals surface area contributed by atoms with E-state index in [1.54, 1.807) is 60.7 Å². The van der Waals surface area contributed by atoms with Gasteiger partial charge in [0.05, 0.1) is 25.2 Å². The van der Waals surface area contributed by atoms with Crippen molar-refractivity contribution in [3.05, 3.63) is 82.7 Å². The second-order valence-electron chi connectivity index (χ2n) is 7.68. The Morgan fingerprint density at radius 1 is 0.943 bits per heavy atom. The highest BCUT2D eigenvalue weighted by Gasteiger charge is 2.13. The number of nitrogens with one attached hydrogen (secondary N) is 1. The SMILES string of the molecule is COc1ccc(-c2coc3cc(OCC(=O)Nc4cccc(C(C)=O)c4)ccc3c2=O)cc1OC. The summed E-state index contributed by atoms with van der Waals surface area (Å²) in [5.41, 5.74) is 2.11. The highest BCUT2D eigenvalue weighted by atomic mass is 16.5. The van der Waals surface area contributed by atoms with Crippen molar-refractivity contribution >= 4 is 28.3 Å². The predicted octanol–water partition coefficient (Wildman–Crippen LogP) is 4.70. The predicted molar refractivity (Wildman–Crippen MR) is 132 cm³/mol. The number of hydrogen-bond donors (Lipinski definition) is 1. The number of ketones is 1. The Balaban J connectivity index is 1.50. The summed E-state index contributed by atoms with van der Waals surface area (Å²) in [6.07, 6.45) is 1.38. The molecule has 0 aliphatic rings. The van der Waals surface area contributed by atoms with E-state index in [2.05, 4.69) is 5.32 Å². The van der Waals surface area contributed by atoms with Crippen LogP contribution in [-0.4, -0.2) is 32.5 Å². The molecule has 8 heteroatoms. The molecule has 178 valence electrons. The third kappa shape index (κ3) is 5.16. The van der Waals surface area contributed by atoms with Crippen LogP contribution in [0, 0.1) is 0 Å². The van der Waals surface area contributed by atoms with Crippen LogP contribution in [0.3, 0.4) is 0 Å². The van der Waals surface area contributed by atoms with Crippen LogP contribution in [0.15, 0.2) is 76.1 Å². The minimum absolute atomic E-state index is 0.0932. The first-order chi connectivity index (χ1) is 16.9. The van der Waals surface area contributed by atoms with Gasteiger partial charge in [-0.2, -0.15) is 0 Å². The van der Waals surface area contributed by atoms with Crippen molar-refractivity contribution in [1.82, 2.24) is 0 Å². The van der Waals surface area contributed by atoms with Crippen LogP contribution in [0.2, 0.25) is 0 Å². The van der Waals surface area contributed by atoms with Crippen molar-refractivity contribution in [3.8, 4) is 28.4 Å². The van der Waals surface area contributed by atoms with Gasteiger partial charge in [-0.25, -0.2) is 0 Å². The molecule has 0 aliphatic carbocycles. The first-order valence-electron chi connectivity index (χ1n) is 10.7. The lowest BCUT2D eigenvalue weighted by Gasteiger charge is -2.10. The van der Waals surface area contributed by atoms with E-state index in [0.717, 1.165) is 0 Å². The van der Waals surface area contributed by atoms with Gasteiger partial charge in [0.15, 0.2) is 29.3 Å². The van der Waals surface area contributed by atoms with Crippen LogP contribution < -0.4 is 25.0 Å². The number of hydrogen-bond acceptors (Lipinski definition) is 7. The van der Waals surface area contributed by atoms with Crippen LogP contribution in [0.4, 0.5) is 5.69 Å². The summed E-state index contributed by atoms with van der Waals surface area (Å²) in [6, 6.07) is 16.6. The number of rotatable bonds is 8. The number of carbonyl (C=O) groups is 2. The Morgan fingerprint density at radius 2 is 1.74 bits per heavy atom. The first-order valence-corrected chi connectivity index (χ1v) is 10.7.